The monoisotopic (exact) mass is 383 g/mol. The van der Waals surface area contributed by atoms with Gasteiger partial charge in [0, 0.05) is 12.0 Å². The molecule has 2 aromatic carbocycles. The fourth-order valence-electron chi connectivity index (χ4n) is 3.29. The zero-order chi connectivity index (χ0) is 19.8. The highest BCUT2D eigenvalue weighted by Crippen LogP contribution is 2.30. The zero-order valence-electron chi connectivity index (χ0n) is 16.0. The van der Waals surface area contributed by atoms with Crippen LogP contribution in [0.4, 0.5) is 0 Å². The first-order chi connectivity index (χ1) is 13.7. The van der Waals surface area contributed by atoms with Crippen LogP contribution in [0.2, 0.25) is 0 Å². The van der Waals surface area contributed by atoms with E-state index < -0.39 is 24.5 Å². The fraction of sp³-hybridized carbons (Fsp3) is 0.429. The Balaban J connectivity index is 1.79. The molecule has 1 saturated heterocycles. The van der Waals surface area contributed by atoms with E-state index in [-0.39, 0.29) is 6.10 Å². The molecule has 0 aromatic heterocycles. The van der Waals surface area contributed by atoms with Crippen molar-refractivity contribution in [2.45, 2.75) is 50.8 Å². The number of nitrogens with zero attached hydrogens (tertiary/aromatic N) is 3. The van der Waals surface area contributed by atoms with Gasteiger partial charge in [0.15, 0.2) is 6.29 Å². The van der Waals surface area contributed by atoms with Crippen LogP contribution in [0.3, 0.4) is 0 Å². The molecular formula is C21H25N3O4. The first-order valence-corrected chi connectivity index (χ1v) is 9.26. The molecular weight excluding hydrogens is 358 g/mol. The van der Waals surface area contributed by atoms with Crippen molar-refractivity contribution >= 4 is 0 Å². The van der Waals surface area contributed by atoms with Gasteiger partial charge in [0.25, 0.3) is 0 Å². The molecule has 1 aliphatic heterocycles. The molecule has 0 bridgehead atoms. The molecule has 0 aliphatic carbocycles. The van der Waals surface area contributed by atoms with Crippen LogP contribution in [-0.2, 0) is 32.2 Å². The Morgan fingerprint density at radius 1 is 0.929 bits per heavy atom. The van der Waals surface area contributed by atoms with Gasteiger partial charge in [-0.2, -0.15) is 0 Å². The maximum atomic E-state index is 9.03. The smallest absolute Gasteiger partial charge is 0.186 e. The molecule has 0 unspecified atom stereocenters. The van der Waals surface area contributed by atoms with Gasteiger partial charge in [-0.05, 0) is 23.6 Å². The number of methoxy groups -OCH3 is 1. The van der Waals surface area contributed by atoms with Gasteiger partial charge >= 0.3 is 0 Å². The minimum atomic E-state index is -0.621. The molecule has 1 fully saturated rings. The fourth-order valence-corrected chi connectivity index (χ4v) is 3.29. The third-order valence-electron chi connectivity index (χ3n) is 4.75. The summed E-state index contributed by atoms with van der Waals surface area (Å²) in [5.41, 5.74) is 11.1. The van der Waals surface area contributed by atoms with Gasteiger partial charge in [0.05, 0.1) is 25.4 Å². The predicted molar refractivity (Wildman–Crippen MR) is 104 cm³/mol. The highest BCUT2D eigenvalue weighted by Gasteiger charge is 2.46. The second-order valence-electron chi connectivity index (χ2n) is 6.66. The van der Waals surface area contributed by atoms with E-state index in [1.807, 2.05) is 67.6 Å². The number of rotatable bonds is 8. The minimum Gasteiger partial charge on any atom is -0.370 e. The molecule has 0 radical (unpaired) electrons. The molecule has 7 nitrogen and oxygen atoms in total. The summed E-state index contributed by atoms with van der Waals surface area (Å²) in [6.07, 6.45) is -2.03. The largest absolute Gasteiger partial charge is 0.370 e. The van der Waals surface area contributed by atoms with E-state index in [2.05, 4.69) is 10.0 Å². The lowest BCUT2D eigenvalue weighted by molar-refractivity contribution is -0.282. The van der Waals surface area contributed by atoms with Crippen LogP contribution in [0, 0.1) is 0 Å². The van der Waals surface area contributed by atoms with Crippen molar-refractivity contribution in [3.63, 3.8) is 0 Å². The third kappa shape index (κ3) is 5.10. The molecule has 0 spiro atoms. The zero-order valence-corrected chi connectivity index (χ0v) is 16.0. The third-order valence-corrected chi connectivity index (χ3v) is 4.75. The van der Waals surface area contributed by atoms with Crippen LogP contribution < -0.4 is 0 Å². The Kier molecular flexibility index (Phi) is 7.42. The predicted octanol–water partition coefficient (Wildman–Crippen LogP) is 4.23. The summed E-state index contributed by atoms with van der Waals surface area (Å²) >= 11 is 0. The number of azide groups is 1. The number of ether oxygens (including phenoxy) is 4. The molecule has 1 heterocycles. The van der Waals surface area contributed by atoms with Crippen molar-refractivity contribution in [2.24, 2.45) is 5.11 Å². The summed E-state index contributed by atoms with van der Waals surface area (Å²) in [6, 6.07) is 19.1. The van der Waals surface area contributed by atoms with Gasteiger partial charge in [0.2, 0.25) is 0 Å². The van der Waals surface area contributed by atoms with E-state index in [4.69, 9.17) is 24.5 Å². The Morgan fingerprint density at radius 3 is 1.96 bits per heavy atom. The standard InChI is InChI=1S/C21H25N3O4/c1-15-18(23-24-22)19(26-13-16-9-5-3-6-10-16)20(21(25-2)28-15)27-14-17-11-7-4-8-12-17/h3-12,15,18-21H,13-14H2,1-2H3/t15-,18+,19+,20-,21+/m1/s1. The Labute approximate surface area is 164 Å². The molecule has 0 N–H and O–H groups in total. The summed E-state index contributed by atoms with van der Waals surface area (Å²) in [7, 11) is 1.57. The molecule has 2 aromatic rings. The Hall–Kier alpha value is -2.41. The number of hydrogen-bond acceptors (Lipinski definition) is 5. The lowest BCUT2D eigenvalue weighted by Gasteiger charge is -2.43. The molecule has 28 heavy (non-hydrogen) atoms. The first kappa shape index (κ1) is 20.3. The van der Waals surface area contributed by atoms with E-state index in [9.17, 15) is 0 Å². The van der Waals surface area contributed by atoms with Crippen LogP contribution >= 0.6 is 0 Å². The van der Waals surface area contributed by atoms with Crippen LogP contribution in [0.1, 0.15) is 18.1 Å². The van der Waals surface area contributed by atoms with E-state index in [1.54, 1.807) is 7.11 Å². The molecule has 7 heteroatoms. The molecule has 5 atom stereocenters. The molecule has 0 amide bonds. The van der Waals surface area contributed by atoms with E-state index in [1.165, 1.54) is 0 Å². The van der Waals surface area contributed by atoms with Gasteiger partial charge in [0.1, 0.15) is 12.2 Å². The number of hydrogen-bond donors (Lipinski definition) is 0. The maximum Gasteiger partial charge on any atom is 0.186 e. The van der Waals surface area contributed by atoms with Gasteiger partial charge in [-0.1, -0.05) is 65.8 Å². The van der Waals surface area contributed by atoms with E-state index in [0.29, 0.717) is 13.2 Å². The summed E-state index contributed by atoms with van der Waals surface area (Å²) in [5.74, 6) is 0. The van der Waals surface area contributed by atoms with Crippen molar-refractivity contribution in [1.82, 2.24) is 0 Å². The second-order valence-corrected chi connectivity index (χ2v) is 6.66. The molecule has 0 saturated carbocycles. The summed E-state index contributed by atoms with van der Waals surface area (Å²) < 4.78 is 23.7. The lowest BCUT2D eigenvalue weighted by Crippen LogP contribution is -2.58. The highest BCUT2D eigenvalue weighted by atomic mass is 16.7. The van der Waals surface area contributed by atoms with Crippen molar-refractivity contribution in [3.8, 4) is 0 Å². The second kappa shape index (κ2) is 10.2. The quantitative estimate of drug-likeness (QED) is 0.388. The summed E-state index contributed by atoms with van der Waals surface area (Å²) in [4.78, 5) is 2.99. The molecule has 1 aliphatic rings. The Morgan fingerprint density at radius 2 is 1.46 bits per heavy atom. The highest BCUT2D eigenvalue weighted by molar-refractivity contribution is 5.14. The molecule has 3 rings (SSSR count). The topological polar surface area (TPSA) is 85.7 Å². The van der Waals surface area contributed by atoms with Gasteiger partial charge in [-0.25, -0.2) is 0 Å². The van der Waals surface area contributed by atoms with Crippen molar-refractivity contribution in [3.05, 3.63) is 82.2 Å². The SMILES string of the molecule is CO[C@H]1O[C@H](C)[C@H](N=[N+]=[N-])[C@H](OCc2ccccc2)[C@H]1OCc1ccccc1. The van der Waals surface area contributed by atoms with Crippen LogP contribution in [0.15, 0.2) is 65.8 Å². The van der Waals surface area contributed by atoms with Crippen LogP contribution in [-0.4, -0.2) is 37.8 Å². The average molecular weight is 383 g/mol. The first-order valence-electron chi connectivity index (χ1n) is 9.26. The van der Waals surface area contributed by atoms with Gasteiger partial charge < -0.3 is 18.9 Å². The van der Waals surface area contributed by atoms with Crippen molar-refractivity contribution < 1.29 is 18.9 Å². The molecule has 148 valence electrons. The maximum absolute atomic E-state index is 9.03. The normalized spacial score (nSPS) is 27.1. The van der Waals surface area contributed by atoms with Crippen LogP contribution in [0.5, 0.6) is 0 Å². The minimum absolute atomic E-state index is 0.363. The van der Waals surface area contributed by atoms with Crippen molar-refractivity contribution in [1.29, 1.82) is 0 Å². The van der Waals surface area contributed by atoms with Crippen LogP contribution in [0.25, 0.3) is 10.4 Å². The lowest BCUT2D eigenvalue weighted by atomic mass is 9.97. The number of benzene rings is 2. The summed E-state index contributed by atoms with van der Waals surface area (Å²) in [5, 5.41) is 3.93. The Bertz CT molecular complexity index is 768. The van der Waals surface area contributed by atoms with Crippen molar-refractivity contribution in [2.75, 3.05) is 7.11 Å². The van der Waals surface area contributed by atoms with E-state index >= 15 is 0 Å². The average Bonchev–Trinajstić information content (AvgIpc) is 2.74. The summed E-state index contributed by atoms with van der Waals surface area (Å²) in [6.45, 7) is 2.59. The van der Waals surface area contributed by atoms with Gasteiger partial charge in [-0.15, -0.1) is 0 Å². The van der Waals surface area contributed by atoms with E-state index in [0.717, 1.165) is 11.1 Å². The van der Waals surface area contributed by atoms with Gasteiger partial charge in [-0.3, -0.25) is 0 Å².